The number of carbonyl (C=O) groups excluding carboxylic acids is 2. The van der Waals surface area contributed by atoms with Crippen molar-refractivity contribution in [3.8, 4) is 0 Å². The molecule has 0 heterocycles. The summed E-state index contributed by atoms with van der Waals surface area (Å²) in [5.41, 5.74) is 6.88. The van der Waals surface area contributed by atoms with E-state index in [1.54, 1.807) is 0 Å². The van der Waals surface area contributed by atoms with Crippen LogP contribution in [0.2, 0.25) is 0 Å². The van der Waals surface area contributed by atoms with E-state index in [1.165, 1.54) is 16.7 Å². The second kappa shape index (κ2) is 6.83. The van der Waals surface area contributed by atoms with Gasteiger partial charge < -0.3 is 9.47 Å². The van der Waals surface area contributed by atoms with Gasteiger partial charge in [-0.25, -0.2) is 0 Å². The number of fused-ring (bicyclic) bond motifs is 1. The maximum atomic E-state index is 12.4. The van der Waals surface area contributed by atoms with Gasteiger partial charge >= 0.3 is 11.9 Å². The Bertz CT molecular complexity index is 1060. The number of ether oxygens (including phenoxy) is 2. The highest BCUT2D eigenvalue weighted by atomic mass is 16.5. The molecule has 2 spiro atoms. The maximum absolute atomic E-state index is 12.4. The van der Waals surface area contributed by atoms with Gasteiger partial charge in [-0.1, -0.05) is 48.6 Å². The van der Waals surface area contributed by atoms with Gasteiger partial charge in [0.2, 0.25) is 0 Å². The van der Waals surface area contributed by atoms with Crippen LogP contribution in [-0.4, -0.2) is 25.2 Å². The molecule has 0 aromatic rings. The topological polar surface area (TPSA) is 52.6 Å². The van der Waals surface area contributed by atoms with Gasteiger partial charge in [-0.05, 0) is 60.1 Å². The summed E-state index contributed by atoms with van der Waals surface area (Å²) in [4.78, 5) is 24.7. The third-order valence-corrected chi connectivity index (χ3v) is 7.05. The molecule has 0 aliphatic heterocycles. The van der Waals surface area contributed by atoms with E-state index >= 15 is 0 Å². The zero-order valence-electron chi connectivity index (χ0n) is 17.5. The van der Waals surface area contributed by atoms with Crippen LogP contribution in [0.3, 0.4) is 0 Å². The Morgan fingerprint density at radius 2 is 1.73 bits per heavy atom. The van der Waals surface area contributed by atoms with Crippen LogP contribution in [0.5, 0.6) is 0 Å². The minimum Gasteiger partial charge on any atom is -0.466 e. The van der Waals surface area contributed by atoms with Crippen molar-refractivity contribution in [1.82, 2.24) is 0 Å². The van der Waals surface area contributed by atoms with Gasteiger partial charge in [-0.2, -0.15) is 0 Å². The van der Waals surface area contributed by atoms with E-state index in [9.17, 15) is 9.59 Å². The smallest absolute Gasteiger partial charge is 0.310 e. The summed E-state index contributed by atoms with van der Waals surface area (Å²) in [6.45, 7) is 4.45. The van der Waals surface area contributed by atoms with E-state index in [1.807, 2.05) is 19.9 Å². The number of rotatable bonds is 6. The predicted octanol–water partition coefficient (Wildman–Crippen LogP) is 4.83. The Hall–Kier alpha value is -2.88. The van der Waals surface area contributed by atoms with Crippen molar-refractivity contribution in [2.45, 2.75) is 39.5 Å². The number of esters is 2. The molecule has 30 heavy (non-hydrogen) atoms. The van der Waals surface area contributed by atoms with E-state index in [4.69, 9.17) is 9.47 Å². The molecule has 0 aromatic carbocycles. The first-order valence-corrected chi connectivity index (χ1v) is 10.8. The molecule has 2 unspecified atom stereocenters. The summed E-state index contributed by atoms with van der Waals surface area (Å²) in [5.74, 6) is -0.370. The molecule has 0 saturated heterocycles. The molecule has 5 aliphatic rings. The summed E-state index contributed by atoms with van der Waals surface area (Å²) < 4.78 is 10.5. The fraction of sp³-hybridized carbons (Fsp3) is 0.385. The van der Waals surface area contributed by atoms with Gasteiger partial charge in [0, 0.05) is 10.8 Å². The second-order valence-electron chi connectivity index (χ2n) is 8.43. The van der Waals surface area contributed by atoms with E-state index < -0.39 is 0 Å². The standard InChI is InChI=1S/C26H26O4/c1-3-29-23(27)13-17-15-25-16-26(25)18(7-5-8-19(26)14-24(28)30-4-2)11-12-22(25)21-10-6-9-20(17)21/h5-11,15H,3-4,12-14,16H2,1-2H3. The average molecular weight is 402 g/mol. The maximum Gasteiger partial charge on any atom is 0.310 e. The molecule has 5 aliphatic carbocycles. The lowest BCUT2D eigenvalue weighted by Crippen LogP contribution is -2.28. The summed E-state index contributed by atoms with van der Waals surface area (Å²) >= 11 is 0. The van der Waals surface area contributed by atoms with Crippen molar-refractivity contribution in [3.63, 3.8) is 0 Å². The van der Waals surface area contributed by atoms with Crippen LogP contribution in [0.25, 0.3) is 0 Å². The van der Waals surface area contributed by atoms with Crippen LogP contribution >= 0.6 is 0 Å². The zero-order valence-corrected chi connectivity index (χ0v) is 17.5. The van der Waals surface area contributed by atoms with Crippen LogP contribution in [0.1, 0.15) is 39.5 Å². The number of carbonyl (C=O) groups is 2. The molecule has 4 heteroatoms. The van der Waals surface area contributed by atoms with E-state index in [0.29, 0.717) is 19.6 Å². The quantitative estimate of drug-likeness (QED) is 0.597. The lowest BCUT2D eigenvalue weighted by molar-refractivity contribution is -0.143. The van der Waals surface area contributed by atoms with Gasteiger partial charge in [0.25, 0.3) is 0 Å². The molecular weight excluding hydrogens is 376 g/mol. The molecule has 1 saturated carbocycles. The van der Waals surface area contributed by atoms with Gasteiger partial charge in [-0.3, -0.25) is 9.59 Å². The Morgan fingerprint density at radius 1 is 1.00 bits per heavy atom. The molecular formula is C26H26O4. The minimum absolute atomic E-state index is 0.163. The van der Waals surface area contributed by atoms with Crippen LogP contribution in [0, 0.1) is 10.8 Å². The molecule has 154 valence electrons. The average Bonchev–Trinajstić information content (AvgIpc) is 3.12. The summed E-state index contributed by atoms with van der Waals surface area (Å²) in [7, 11) is 0. The summed E-state index contributed by atoms with van der Waals surface area (Å²) in [5, 5.41) is 0. The molecule has 0 amide bonds. The van der Waals surface area contributed by atoms with Gasteiger partial charge in [0.1, 0.15) is 0 Å². The Morgan fingerprint density at radius 3 is 2.50 bits per heavy atom. The van der Waals surface area contributed by atoms with Crippen molar-refractivity contribution in [3.05, 3.63) is 82.0 Å². The number of hydrogen-bond donors (Lipinski definition) is 0. The van der Waals surface area contributed by atoms with Crippen LogP contribution < -0.4 is 0 Å². The Balaban J connectivity index is 1.58. The monoisotopic (exact) mass is 402 g/mol. The van der Waals surface area contributed by atoms with E-state index in [2.05, 4.69) is 42.5 Å². The van der Waals surface area contributed by atoms with Crippen LogP contribution in [-0.2, 0) is 19.1 Å². The number of allylic oxidation sites excluding steroid dienone is 12. The van der Waals surface area contributed by atoms with Crippen LogP contribution in [0.4, 0.5) is 0 Å². The first-order chi connectivity index (χ1) is 14.6. The molecule has 0 radical (unpaired) electrons. The fourth-order valence-corrected chi connectivity index (χ4v) is 5.91. The molecule has 2 atom stereocenters. The highest BCUT2D eigenvalue weighted by Gasteiger charge is 2.73. The summed E-state index contributed by atoms with van der Waals surface area (Å²) in [6.07, 6.45) is 19.7. The summed E-state index contributed by atoms with van der Waals surface area (Å²) in [6, 6.07) is 0. The second-order valence-corrected chi connectivity index (χ2v) is 8.43. The molecule has 0 aromatic heterocycles. The van der Waals surface area contributed by atoms with Crippen molar-refractivity contribution >= 4 is 11.9 Å². The minimum atomic E-state index is -0.197. The van der Waals surface area contributed by atoms with Crippen molar-refractivity contribution < 1.29 is 19.1 Å². The van der Waals surface area contributed by atoms with Crippen molar-refractivity contribution in [2.24, 2.45) is 10.8 Å². The van der Waals surface area contributed by atoms with Gasteiger partial charge in [-0.15, -0.1) is 0 Å². The predicted molar refractivity (Wildman–Crippen MR) is 114 cm³/mol. The first-order valence-electron chi connectivity index (χ1n) is 10.8. The highest BCUT2D eigenvalue weighted by molar-refractivity contribution is 5.81. The molecule has 0 N–H and O–H groups in total. The molecule has 4 nitrogen and oxygen atoms in total. The molecule has 1 fully saturated rings. The normalized spacial score (nSPS) is 29.5. The third-order valence-electron chi connectivity index (χ3n) is 7.05. The van der Waals surface area contributed by atoms with Crippen LogP contribution in [0.15, 0.2) is 82.0 Å². The van der Waals surface area contributed by atoms with E-state index in [0.717, 1.165) is 29.6 Å². The Kier molecular flexibility index (Phi) is 4.35. The largest absolute Gasteiger partial charge is 0.466 e. The van der Waals surface area contributed by atoms with E-state index in [-0.39, 0.29) is 29.2 Å². The Labute approximate surface area is 177 Å². The molecule has 0 bridgehead atoms. The van der Waals surface area contributed by atoms with Crippen molar-refractivity contribution in [2.75, 3.05) is 13.2 Å². The number of hydrogen-bond acceptors (Lipinski definition) is 4. The fourth-order valence-electron chi connectivity index (χ4n) is 5.91. The third kappa shape index (κ3) is 2.52. The SMILES string of the molecule is CCOC(=O)CC1=CC23CC24C(=CCC3=C2C=CC=C12)C=CC=C4CC(=O)OCC. The van der Waals surface area contributed by atoms with Crippen molar-refractivity contribution in [1.29, 1.82) is 0 Å². The lowest BCUT2D eigenvalue weighted by Gasteiger charge is -2.38. The van der Waals surface area contributed by atoms with Gasteiger partial charge in [0.05, 0.1) is 26.1 Å². The first kappa shape index (κ1) is 19.1. The lowest BCUT2D eigenvalue weighted by atomic mass is 9.65. The highest BCUT2D eigenvalue weighted by Crippen LogP contribution is 2.80. The molecule has 5 rings (SSSR count). The van der Waals surface area contributed by atoms with Gasteiger partial charge in [0.15, 0.2) is 0 Å². The zero-order chi connectivity index (χ0) is 20.9.